The third kappa shape index (κ3) is 2.00. The zero-order valence-corrected chi connectivity index (χ0v) is 9.35. The van der Waals surface area contributed by atoms with E-state index in [0.717, 1.165) is 25.1 Å². The minimum Gasteiger partial charge on any atom is -0.398 e. The molecule has 0 bridgehead atoms. The number of hydrogen-bond donors (Lipinski definition) is 2. The summed E-state index contributed by atoms with van der Waals surface area (Å²) in [4.78, 5) is 0. The van der Waals surface area contributed by atoms with Gasteiger partial charge >= 0.3 is 0 Å². The van der Waals surface area contributed by atoms with Crippen LogP contribution in [0.1, 0.15) is 31.9 Å². The Morgan fingerprint density at radius 1 is 1.07 bits per heavy atom. The first-order valence-corrected chi connectivity index (χ1v) is 5.38. The van der Waals surface area contributed by atoms with Gasteiger partial charge in [0.1, 0.15) is 0 Å². The van der Waals surface area contributed by atoms with E-state index in [1.54, 1.807) is 0 Å². The van der Waals surface area contributed by atoms with Crippen LogP contribution in [0.3, 0.4) is 0 Å². The Morgan fingerprint density at radius 2 is 1.71 bits per heavy atom. The molecule has 0 unspecified atom stereocenters. The predicted octanol–water partition coefficient (Wildman–Crippen LogP) is 2.83. The van der Waals surface area contributed by atoms with Gasteiger partial charge in [-0.15, -0.1) is 0 Å². The molecule has 0 saturated heterocycles. The zero-order valence-electron chi connectivity index (χ0n) is 9.35. The standard InChI is InChI=1S/C12H20N2/c1-4-9-10(5-2)12(14-6-3)8-7-11(9)13/h7-8,14H,4-6,13H2,1-3H3. The van der Waals surface area contributed by atoms with E-state index in [2.05, 4.69) is 32.2 Å². The number of nitrogens with one attached hydrogen (secondary N) is 1. The molecule has 78 valence electrons. The Hall–Kier alpha value is -1.18. The van der Waals surface area contributed by atoms with Crippen molar-refractivity contribution < 1.29 is 0 Å². The summed E-state index contributed by atoms with van der Waals surface area (Å²) in [6.45, 7) is 7.40. The summed E-state index contributed by atoms with van der Waals surface area (Å²) in [5, 5.41) is 3.37. The maximum absolute atomic E-state index is 5.94. The summed E-state index contributed by atoms with van der Waals surface area (Å²) in [5.41, 5.74) is 10.8. The van der Waals surface area contributed by atoms with Crippen LogP contribution in [0.4, 0.5) is 11.4 Å². The molecule has 0 aliphatic heterocycles. The molecule has 3 N–H and O–H groups in total. The van der Waals surface area contributed by atoms with Crippen molar-refractivity contribution in [1.82, 2.24) is 0 Å². The quantitative estimate of drug-likeness (QED) is 0.720. The smallest absolute Gasteiger partial charge is 0.0376 e. The number of nitrogen functional groups attached to an aromatic ring is 1. The van der Waals surface area contributed by atoms with Crippen molar-refractivity contribution in [2.24, 2.45) is 0 Å². The molecule has 0 aromatic heterocycles. The van der Waals surface area contributed by atoms with Crippen molar-refractivity contribution in [2.75, 3.05) is 17.6 Å². The fraction of sp³-hybridized carbons (Fsp3) is 0.500. The second-order valence-electron chi connectivity index (χ2n) is 3.40. The Morgan fingerprint density at radius 3 is 2.21 bits per heavy atom. The Labute approximate surface area is 86.5 Å². The van der Waals surface area contributed by atoms with Gasteiger partial charge in [-0.25, -0.2) is 0 Å². The second-order valence-corrected chi connectivity index (χ2v) is 3.40. The molecule has 0 amide bonds. The molecule has 1 aromatic carbocycles. The minimum absolute atomic E-state index is 0.922. The van der Waals surface area contributed by atoms with Crippen molar-refractivity contribution in [3.63, 3.8) is 0 Å². The predicted molar refractivity (Wildman–Crippen MR) is 63.8 cm³/mol. The lowest BCUT2D eigenvalue weighted by atomic mass is 9.99. The van der Waals surface area contributed by atoms with Crippen LogP contribution in [-0.4, -0.2) is 6.54 Å². The summed E-state index contributed by atoms with van der Waals surface area (Å²) in [7, 11) is 0. The summed E-state index contributed by atoms with van der Waals surface area (Å²) in [6.07, 6.45) is 2.05. The minimum atomic E-state index is 0.922. The molecular formula is C12H20N2. The normalized spacial score (nSPS) is 10.2. The highest BCUT2D eigenvalue weighted by Gasteiger charge is 2.07. The summed E-state index contributed by atoms with van der Waals surface area (Å²) < 4.78 is 0. The third-order valence-corrected chi connectivity index (χ3v) is 2.54. The summed E-state index contributed by atoms with van der Waals surface area (Å²) >= 11 is 0. The van der Waals surface area contributed by atoms with E-state index in [1.807, 2.05) is 6.07 Å². The summed E-state index contributed by atoms with van der Waals surface area (Å²) in [6, 6.07) is 4.08. The molecule has 0 spiro atoms. The maximum atomic E-state index is 5.94. The van der Waals surface area contributed by atoms with Gasteiger partial charge in [0, 0.05) is 17.9 Å². The molecule has 2 nitrogen and oxygen atoms in total. The Kier molecular flexibility index (Phi) is 3.81. The molecular weight excluding hydrogens is 172 g/mol. The molecule has 1 aromatic rings. The fourth-order valence-electron chi connectivity index (χ4n) is 1.89. The first-order valence-electron chi connectivity index (χ1n) is 5.38. The van der Waals surface area contributed by atoms with Crippen LogP contribution in [0.15, 0.2) is 12.1 Å². The number of benzene rings is 1. The number of anilines is 2. The Bertz CT molecular complexity index is 305. The highest BCUT2D eigenvalue weighted by molar-refractivity contribution is 5.64. The monoisotopic (exact) mass is 192 g/mol. The van der Waals surface area contributed by atoms with Crippen LogP contribution >= 0.6 is 0 Å². The van der Waals surface area contributed by atoms with Crippen molar-refractivity contribution in [3.05, 3.63) is 23.3 Å². The maximum Gasteiger partial charge on any atom is 0.0376 e. The molecule has 1 rings (SSSR count). The molecule has 0 aliphatic carbocycles. The van der Waals surface area contributed by atoms with E-state index in [1.165, 1.54) is 16.8 Å². The van der Waals surface area contributed by atoms with Crippen molar-refractivity contribution >= 4 is 11.4 Å². The van der Waals surface area contributed by atoms with Crippen LogP contribution in [-0.2, 0) is 12.8 Å². The van der Waals surface area contributed by atoms with Gasteiger partial charge in [-0.05, 0) is 43.0 Å². The van der Waals surface area contributed by atoms with Gasteiger partial charge in [0.2, 0.25) is 0 Å². The van der Waals surface area contributed by atoms with E-state index in [4.69, 9.17) is 5.73 Å². The highest BCUT2D eigenvalue weighted by atomic mass is 14.9. The molecule has 0 atom stereocenters. The molecule has 0 heterocycles. The SMILES string of the molecule is CCNc1ccc(N)c(CC)c1CC. The average molecular weight is 192 g/mol. The largest absolute Gasteiger partial charge is 0.398 e. The lowest BCUT2D eigenvalue weighted by Crippen LogP contribution is -2.05. The van der Waals surface area contributed by atoms with E-state index >= 15 is 0 Å². The van der Waals surface area contributed by atoms with Crippen LogP contribution in [0.5, 0.6) is 0 Å². The fourth-order valence-corrected chi connectivity index (χ4v) is 1.89. The van der Waals surface area contributed by atoms with Crippen LogP contribution < -0.4 is 11.1 Å². The van der Waals surface area contributed by atoms with Crippen LogP contribution in [0, 0.1) is 0 Å². The highest BCUT2D eigenvalue weighted by Crippen LogP contribution is 2.26. The van der Waals surface area contributed by atoms with E-state index in [9.17, 15) is 0 Å². The average Bonchev–Trinajstić information content (AvgIpc) is 2.20. The third-order valence-electron chi connectivity index (χ3n) is 2.54. The van der Waals surface area contributed by atoms with Crippen molar-refractivity contribution in [1.29, 1.82) is 0 Å². The van der Waals surface area contributed by atoms with E-state index in [-0.39, 0.29) is 0 Å². The molecule has 0 aliphatic rings. The first kappa shape index (κ1) is 10.9. The number of nitrogens with two attached hydrogens (primary N) is 1. The lowest BCUT2D eigenvalue weighted by Gasteiger charge is -2.15. The van der Waals surface area contributed by atoms with Gasteiger partial charge in [-0.2, -0.15) is 0 Å². The van der Waals surface area contributed by atoms with Crippen LogP contribution in [0.25, 0.3) is 0 Å². The molecule has 0 radical (unpaired) electrons. The van der Waals surface area contributed by atoms with Gasteiger partial charge in [-0.3, -0.25) is 0 Å². The molecule has 14 heavy (non-hydrogen) atoms. The van der Waals surface area contributed by atoms with Gasteiger partial charge in [0.25, 0.3) is 0 Å². The van der Waals surface area contributed by atoms with Crippen molar-refractivity contribution in [3.8, 4) is 0 Å². The first-order chi connectivity index (χ1) is 6.74. The zero-order chi connectivity index (χ0) is 10.6. The molecule has 0 fully saturated rings. The lowest BCUT2D eigenvalue weighted by molar-refractivity contribution is 1.03. The molecule has 2 heteroatoms. The van der Waals surface area contributed by atoms with Crippen molar-refractivity contribution in [2.45, 2.75) is 33.6 Å². The summed E-state index contributed by atoms with van der Waals surface area (Å²) in [5.74, 6) is 0. The van der Waals surface area contributed by atoms with E-state index in [0.29, 0.717) is 0 Å². The second kappa shape index (κ2) is 4.89. The van der Waals surface area contributed by atoms with Gasteiger partial charge in [-0.1, -0.05) is 13.8 Å². The number of hydrogen-bond acceptors (Lipinski definition) is 2. The Balaban J connectivity index is 3.18. The topological polar surface area (TPSA) is 38.0 Å². The number of rotatable bonds is 4. The van der Waals surface area contributed by atoms with Gasteiger partial charge in [0.15, 0.2) is 0 Å². The van der Waals surface area contributed by atoms with Gasteiger partial charge in [0.05, 0.1) is 0 Å². The molecule has 0 saturated carbocycles. The van der Waals surface area contributed by atoms with Crippen LogP contribution in [0.2, 0.25) is 0 Å². The van der Waals surface area contributed by atoms with Gasteiger partial charge < -0.3 is 11.1 Å². The van der Waals surface area contributed by atoms with E-state index < -0.39 is 0 Å².